The second-order valence-corrected chi connectivity index (χ2v) is 6.30. The van der Waals surface area contributed by atoms with Gasteiger partial charge in [-0.25, -0.2) is 19.3 Å². The number of hydrogen-bond acceptors (Lipinski definition) is 7. The van der Waals surface area contributed by atoms with Gasteiger partial charge in [0.2, 0.25) is 5.88 Å². The number of nitrogen functional groups attached to an aromatic ring is 2. The molecule has 2 aromatic heterocycles. The lowest BCUT2D eigenvalue weighted by molar-refractivity contribution is 0.342. The van der Waals surface area contributed by atoms with Crippen molar-refractivity contribution in [1.82, 2.24) is 19.9 Å². The predicted octanol–water partition coefficient (Wildman–Crippen LogP) is 3.02. The van der Waals surface area contributed by atoms with E-state index < -0.39 is 5.82 Å². The van der Waals surface area contributed by atoms with Crippen molar-refractivity contribution in [3.63, 3.8) is 0 Å². The van der Waals surface area contributed by atoms with Crippen LogP contribution in [-0.4, -0.2) is 19.9 Å². The van der Waals surface area contributed by atoms with E-state index >= 15 is 0 Å². The molecule has 1 fully saturated rings. The number of benzene rings is 1. The number of nitrogens with zero attached hydrogens (tertiary/aromatic N) is 4. The molecule has 4 rings (SSSR count). The van der Waals surface area contributed by atoms with Crippen molar-refractivity contribution in [1.29, 1.82) is 0 Å². The molecule has 0 atom stereocenters. The molecule has 1 aromatic carbocycles. The number of nitrogens with two attached hydrogens (primary N) is 2. The Labute approximate surface area is 149 Å². The molecule has 0 saturated heterocycles. The van der Waals surface area contributed by atoms with Gasteiger partial charge in [0.1, 0.15) is 18.0 Å². The van der Waals surface area contributed by atoms with Gasteiger partial charge in [0.15, 0.2) is 11.6 Å². The summed E-state index contributed by atoms with van der Waals surface area (Å²) < 4.78 is 19.8. The molecule has 0 spiro atoms. The Hall–Kier alpha value is -3.29. The largest absolute Gasteiger partial charge is 0.436 e. The third-order valence-corrected chi connectivity index (χ3v) is 4.55. The van der Waals surface area contributed by atoms with Crippen LogP contribution in [0.25, 0.3) is 0 Å². The number of anilines is 2. The predicted molar refractivity (Wildman–Crippen MR) is 94.1 cm³/mol. The van der Waals surface area contributed by atoms with Crippen molar-refractivity contribution in [2.45, 2.75) is 24.7 Å². The maximum Gasteiger partial charge on any atom is 0.224 e. The van der Waals surface area contributed by atoms with E-state index in [1.54, 1.807) is 18.5 Å². The molecule has 0 bridgehead atoms. The fraction of sp³-hybridized carbons (Fsp3) is 0.222. The monoisotopic (exact) mass is 352 g/mol. The zero-order chi connectivity index (χ0) is 18.1. The average Bonchev–Trinajstić information content (AvgIpc) is 2.58. The van der Waals surface area contributed by atoms with E-state index in [-0.39, 0.29) is 23.4 Å². The van der Waals surface area contributed by atoms with Crippen molar-refractivity contribution in [3.05, 3.63) is 60.1 Å². The topological polar surface area (TPSA) is 113 Å². The summed E-state index contributed by atoms with van der Waals surface area (Å²) in [6.07, 6.45) is 6.35. The fourth-order valence-corrected chi connectivity index (χ4v) is 3.07. The van der Waals surface area contributed by atoms with Gasteiger partial charge in [0.05, 0.1) is 18.1 Å². The molecule has 4 N–H and O–H groups in total. The third-order valence-electron chi connectivity index (χ3n) is 4.55. The first-order chi connectivity index (χ1) is 12.6. The Morgan fingerprint density at radius 3 is 2.46 bits per heavy atom. The lowest BCUT2D eigenvalue weighted by Gasteiger charge is -2.35. The summed E-state index contributed by atoms with van der Waals surface area (Å²) in [6, 6.07) is 6.44. The summed E-state index contributed by atoms with van der Waals surface area (Å²) in [5, 5.41) is 0. The molecule has 1 saturated carbocycles. The molecule has 2 heterocycles. The Morgan fingerprint density at radius 2 is 1.77 bits per heavy atom. The Bertz CT molecular complexity index is 927. The Morgan fingerprint density at radius 1 is 0.923 bits per heavy atom. The molecule has 0 radical (unpaired) electrons. The molecular weight excluding hydrogens is 335 g/mol. The van der Waals surface area contributed by atoms with Crippen LogP contribution in [0.1, 0.15) is 35.9 Å². The van der Waals surface area contributed by atoms with E-state index in [9.17, 15) is 4.39 Å². The normalized spacial score (nSPS) is 19.0. The summed E-state index contributed by atoms with van der Waals surface area (Å²) >= 11 is 0. The summed E-state index contributed by atoms with van der Waals surface area (Å²) in [6.45, 7) is 0. The molecule has 3 aromatic rings. The van der Waals surface area contributed by atoms with Crippen LogP contribution in [0, 0.1) is 5.82 Å². The molecule has 1 aliphatic carbocycles. The lowest BCUT2D eigenvalue weighted by atomic mass is 9.70. The first kappa shape index (κ1) is 16.2. The van der Waals surface area contributed by atoms with Crippen LogP contribution in [0.5, 0.6) is 11.6 Å². The molecule has 0 unspecified atom stereocenters. The first-order valence-corrected chi connectivity index (χ1v) is 8.20. The zero-order valence-electron chi connectivity index (χ0n) is 13.8. The van der Waals surface area contributed by atoms with Gasteiger partial charge in [-0.05, 0) is 36.5 Å². The smallest absolute Gasteiger partial charge is 0.224 e. The Kier molecular flexibility index (Phi) is 4.08. The van der Waals surface area contributed by atoms with Crippen molar-refractivity contribution < 1.29 is 9.13 Å². The second kappa shape index (κ2) is 6.55. The van der Waals surface area contributed by atoms with E-state index in [2.05, 4.69) is 19.9 Å². The van der Waals surface area contributed by atoms with E-state index in [0.29, 0.717) is 11.7 Å². The van der Waals surface area contributed by atoms with Crippen molar-refractivity contribution >= 4 is 11.6 Å². The van der Waals surface area contributed by atoms with E-state index in [1.807, 2.05) is 6.07 Å². The molecule has 26 heavy (non-hydrogen) atoms. The lowest BCUT2D eigenvalue weighted by Crippen LogP contribution is -2.21. The maximum atomic E-state index is 14.4. The highest BCUT2D eigenvalue weighted by Crippen LogP contribution is 2.47. The van der Waals surface area contributed by atoms with Gasteiger partial charge in [0.25, 0.3) is 0 Å². The van der Waals surface area contributed by atoms with Gasteiger partial charge in [-0.15, -0.1) is 0 Å². The van der Waals surface area contributed by atoms with Crippen molar-refractivity contribution in [3.8, 4) is 11.6 Å². The number of halogens is 1. The number of hydrogen-bond donors (Lipinski definition) is 2. The van der Waals surface area contributed by atoms with Crippen LogP contribution in [0.2, 0.25) is 0 Å². The molecule has 1 aliphatic rings. The van der Waals surface area contributed by atoms with Gasteiger partial charge < -0.3 is 16.2 Å². The third kappa shape index (κ3) is 3.26. The molecular formula is C18H17FN6O. The molecule has 132 valence electrons. The average molecular weight is 352 g/mol. The number of aromatic nitrogens is 4. The van der Waals surface area contributed by atoms with E-state index in [0.717, 1.165) is 24.1 Å². The number of ether oxygens (including phenoxy) is 1. The Balaban J connectivity index is 1.43. The highest BCUT2D eigenvalue weighted by atomic mass is 19.1. The van der Waals surface area contributed by atoms with Crippen LogP contribution < -0.4 is 16.2 Å². The highest BCUT2D eigenvalue weighted by Gasteiger charge is 2.33. The summed E-state index contributed by atoms with van der Waals surface area (Å²) in [5.74, 6) is 1.16. The van der Waals surface area contributed by atoms with Crippen LogP contribution in [-0.2, 0) is 0 Å². The minimum Gasteiger partial charge on any atom is -0.436 e. The van der Waals surface area contributed by atoms with Gasteiger partial charge in [-0.3, -0.25) is 4.98 Å². The first-order valence-electron chi connectivity index (χ1n) is 8.20. The minimum atomic E-state index is -0.435. The zero-order valence-corrected chi connectivity index (χ0v) is 13.8. The van der Waals surface area contributed by atoms with Crippen LogP contribution >= 0.6 is 0 Å². The molecule has 7 nitrogen and oxygen atoms in total. The molecule has 0 amide bonds. The van der Waals surface area contributed by atoms with Gasteiger partial charge in [-0.1, -0.05) is 6.07 Å². The molecule has 0 aliphatic heterocycles. The van der Waals surface area contributed by atoms with Gasteiger partial charge in [0, 0.05) is 12.0 Å². The van der Waals surface area contributed by atoms with Gasteiger partial charge >= 0.3 is 0 Å². The van der Waals surface area contributed by atoms with Crippen molar-refractivity contribution in [2.24, 2.45) is 0 Å². The summed E-state index contributed by atoms with van der Waals surface area (Å²) in [7, 11) is 0. The number of rotatable bonds is 4. The van der Waals surface area contributed by atoms with Crippen LogP contribution in [0.4, 0.5) is 16.0 Å². The SMILES string of the molecule is Nc1cnc(C2CC(c3ccc(Oc4cc(N)ncn4)c(F)c3)C2)cn1. The fourth-order valence-electron chi connectivity index (χ4n) is 3.07. The standard InChI is InChI=1S/C18H17FN6O/c19-13-5-10(1-2-15(13)26-18-6-16(20)24-9-25-18)11-3-12(4-11)14-7-23-17(21)8-22-14/h1-2,5-9,11-12H,3-4H2,(H2,21,23)(H2,20,24,25). The van der Waals surface area contributed by atoms with E-state index in [1.165, 1.54) is 18.5 Å². The van der Waals surface area contributed by atoms with Crippen molar-refractivity contribution in [2.75, 3.05) is 11.5 Å². The summed E-state index contributed by atoms with van der Waals surface area (Å²) in [5.41, 5.74) is 13.0. The van der Waals surface area contributed by atoms with Crippen LogP contribution in [0.3, 0.4) is 0 Å². The van der Waals surface area contributed by atoms with E-state index in [4.69, 9.17) is 16.2 Å². The highest BCUT2D eigenvalue weighted by molar-refractivity contribution is 5.38. The van der Waals surface area contributed by atoms with Crippen LogP contribution in [0.15, 0.2) is 43.0 Å². The second-order valence-electron chi connectivity index (χ2n) is 6.30. The summed E-state index contributed by atoms with van der Waals surface area (Å²) in [4.78, 5) is 16.1. The maximum absolute atomic E-state index is 14.4. The minimum absolute atomic E-state index is 0.104. The van der Waals surface area contributed by atoms with Gasteiger partial charge in [-0.2, -0.15) is 0 Å². The quantitative estimate of drug-likeness (QED) is 0.742. The molecule has 8 heteroatoms.